The molecule has 0 aliphatic heterocycles. The SMILES string of the molecule is COC(=O)CN(Cc1cc(OC)cc(OC)c1)C(=O)c1ccc(Cl)c(Cl)c1. The van der Waals surface area contributed by atoms with Crippen molar-refractivity contribution in [3.05, 3.63) is 57.6 Å². The predicted octanol–water partition coefficient (Wildman–Crippen LogP) is 3.83. The quantitative estimate of drug-likeness (QED) is 0.647. The molecule has 0 aromatic heterocycles. The van der Waals surface area contributed by atoms with E-state index < -0.39 is 5.97 Å². The van der Waals surface area contributed by atoms with Gasteiger partial charge >= 0.3 is 5.97 Å². The number of hydrogen-bond donors (Lipinski definition) is 0. The average Bonchev–Trinajstić information content (AvgIpc) is 2.68. The fraction of sp³-hybridized carbons (Fsp3) is 0.263. The summed E-state index contributed by atoms with van der Waals surface area (Å²) in [5.74, 6) is 0.215. The number of ether oxygens (including phenoxy) is 3. The molecule has 2 rings (SSSR count). The molecule has 1 amide bonds. The van der Waals surface area contributed by atoms with Gasteiger partial charge in [-0.3, -0.25) is 9.59 Å². The molecule has 2 aromatic carbocycles. The highest BCUT2D eigenvalue weighted by molar-refractivity contribution is 6.42. The van der Waals surface area contributed by atoms with Crippen LogP contribution in [0.25, 0.3) is 0 Å². The molecule has 0 heterocycles. The molecule has 0 saturated heterocycles. The minimum absolute atomic E-state index is 0.141. The summed E-state index contributed by atoms with van der Waals surface area (Å²) in [5.41, 5.74) is 1.03. The van der Waals surface area contributed by atoms with E-state index in [0.717, 1.165) is 5.56 Å². The Kier molecular flexibility index (Phi) is 7.33. The summed E-state index contributed by atoms with van der Waals surface area (Å²) in [6.45, 7) is -0.0865. The molecule has 0 bridgehead atoms. The summed E-state index contributed by atoms with van der Waals surface area (Å²) in [4.78, 5) is 26.1. The van der Waals surface area contributed by atoms with E-state index in [2.05, 4.69) is 0 Å². The van der Waals surface area contributed by atoms with Crippen LogP contribution in [0.15, 0.2) is 36.4 Å². The van der Waals surface area contributed by atoms with Gasteiger partial charge in [-0.05, 0) is 35.9 Å². The number of carbonyl (C=O) groups excluding carboxylic acids is 2. The first-order valence-corrected chi connectivity index (χ1v) is 8.66. The van der Waals surface area contributed by atoms with Crippen LogP contribution >= 0.6 is 23.2 Å². The van der Waals surface area contributed by atoms with Gasteiger partial charge < -0.3 is 19.1 Å². The lowest BCUT2D eigenvalue weighted by Crippen LogP contribution is -2.35. The molecule has 0 saturated carbocycles. The molecule has 0 atom stereocenters. The zero-order valence-electron chi connectivity index (χ0n) is 15.1. The number of hydrogen-bond acceptors (Lipinski definition) is 5. The van der Waals surface area contributed by atoms with Crippen molar-refractivity contribution in [2.75, 3.05) is 27.9 Å². The van der Waals surface area contributed by atoms with Crippen molar-refractivity contribution in [1.29, 1.82) is 0 Å². The number of benzene rings is 2. The fourth-order valence-electron chi connectivity index (χ4n) is 2.41. The lowest BCUT2D eigenvalue weighted by Gasteiger charge is -2.22. The highest BCUT2D eigenvalue weighted by atomic mass is 35.5. The van der Waals surface area contributed by atoms with Crippen LogP contribution in [-0.2, 0) is 16.1 Å². The van der Waals surface area contributed by atoms with E-state index in [0.29, 0.717) is 22.1 Å². The highest BCUT2D eigenvalue weighted by Crippen LogP contribution is 2.26. The third kappa shape index (κ3) is 5.52. The minimum atomic E-state index is -0.543. The van der Waals surface area contributed by atoms with E-state index in [1.807, 2.05) is 0 Å². The van der Waals surface area contributed by atoms with Gasteiger partial charge in [-0.1, -0.05) is 23.2 Å². The summed E-state index contributed by atoms with van der Waals surface area (Å²) in [7, 11) is 4.33. The third-order valence-electron chi connectivity index (χ3n) is 3.79. The molecule has 0 aliphatic carbocycles. The van der Waals surface area contributed by atoms with Gasteiger partial charge in [-0.15, -0.1) is 0 Å². The lowest BCUT2D eigenvalue weighted by atomic mass is 10.1. The number of amides is 1. The summed E-state index contributed by atoms with van der Waals surface area (Å²) in [5, 5.41) is 0.592. The Balaban J connectivity index is 2.35. The summed E-state index contributed by atoms with van der Waals surface area (Å²) < 4.78 is 15.2. The first-order valence-electron chi connectivity index (χ1n) is 7.91. The topological polar surface area (TPSA) is 65.1 Å². The van der Waals surface area contributed by atoms with Crippen molar-refractivity contribution in [3.63, 3.8) is 0 Å². The monoisotopic (exact) mass is 411 g/mol. The fourth-order valence-corrected chi connectivity index (χ4v) is 2.71. The number of methoxy groups -OCH3 is 3. The molecule has 27 heavy (non-hydrogen) atoms. The Hall–Kier alpha value is -2.44. The van der Waals surface area contributed by atoms with E-state index in [-0.39, 0.29) is 24.0 Å². The minimum Gasteiger partial charge on any atom is -0.497 e. The smallest absolute Gasteiger partial charge is 0.325 e. The standard InChI is InChI=1S/C19H19Cl2NO5/c1-25-14-6-12(7-15(9-14)26-2)10-22(11-18(23)27-3)19(24)13-4-5-16(20)17(21)8-13/h4-9H,10-11H2,1-3H3. The molecule has 0 fully saturated rings. The molecule has 0 aliphatic rings. The second-order valence-electron chi connectivity index (χ2n) is 5.59. The van der Waals surface area contributed by atoms with Gasteiger partial charge in [0.15, 0.2) is 0 Å². The normalized spacial score (nSPS) is 10.3. The second-order valence-corrected chi connectivity index (χ2v) is 6.40. The van der Waals surface area contributed by atoms with Crippen LogP contribution in [0.4, 0.5) is 0 Å². The molecule has 0 radical (unpaired) electrons. The Labute approximate surface area is 167 Å². The van der Waals surface area contributed by atoms with Crippen LogP contribution in [-0.4, -0.2) is 44.7 Å². The molecule has 0 N–H and O–H groups in total. The van der Waals surface area contributed by atoms with Crippen LogP contribution in [0.1, 0.15) is 15.9 Å². The Morgan fingerprint density at radius 2 is 1.56 bits per heavy atom. The first-order chi connectivity index (χ1) is 12.9. The number of nitrogens with zero attached hydrogens (tertiary/aromatic N) is 1. The predicted molar refractivity (Wildman–Crippen MR) is 103 cm³/mol. The molecular weight excluding hydrogens is 393 g/mol. The third-order valence-corrected chi connectivity index (χ3v) is 4.53. The van der Waals surface area contributed by atoms with Crippen LogP contribution in [0.5, 0.6) is 11.5 Å². The lowest BCUT2D eigenvalue weighted by molar-refractivity contribution is -0.141. The first kappa shape index (κ1) is 20.9. The zero-order chi connectivity index (χ0) is 20.0. The van der Waals surface area contributed by atoms with Gasteiger partial charge in [-0.25, -0.2) is 0 Å². The van der Waals surface area contributed by atoms with E-state index in [4.69, 9.17) is 37.4 Å². The van der Waals surface area contributed by atoms with E-state index in [1.165, 1.54) is 38.4 Å². The van der Waals surface area contributed by atoms with E-state index in [9.17, 15) is 9.59 Å². The van der Waals surface area contributed by atoms with Crippen LogP contribution < -0.4 is 9.47 Å². The average molecular weight is 412 g/mol. The van der Waals surface area contributed by atoms with Gasteiger partial charge in [0.25, 0.3) is 5.91 Å². The Morgan fingerprint density at radius 1 is 0.926 bits per heavy atom. The van der Waals surface area contributed by atoms with Gasteiger partial charge in [0.1, 0.15) is 18.0 Å². The van der Waals surface area contributed by atoms with Gasteiger partial charge in [0.2, 0.25) is 0 Å². The maximum Gasteiger partial charge on any atom is 0.325 e. The molecule has 0 spiro atoms. The van der Waals surface area contributed by atoms with Crippen LogP contribution in [0.2, 0.25) is 10.0 Å². The molecule has 2 aromatic rings. The summed E-state index contributed by atoms with van der Waals surface area (Å²) in [6.07, 6.45) is 0. The number of carbonyl (C=O) groups is 2. The van der Waals surface area contributed by atoms with Crippen molar-refractivity contribution in [2.24, 2.45) is 0 Å². The van der Waals surface area contributed by atoms with Crippen LogP contribution in [0, 0.1) is 0 Å². The Bertz CT molecular complexity index is 819. The van der Waals surface area contributed by atoms with Crippen molar-refractivity contribution >= 4 is 35.1 Å². The zero-order valence-corrected chi connectivity index (χ0v) is 16.6. The van der Waals surface area contributed by atoms with E-state index in [1.54, 1.807) is 24.3 Å². The van der Waals surface area contributed by atoms with Crippen LogP contribution in [0.3, 0.4) is 0 Å². The number of halogens is 2. The Morgan fingerprint density at radius 3 is 2.07 bits per heavy atom. The largest absolute Gasteiger partial charge is 0.497 e. The molecule has 8 heteroatoms. The van der Waals surface area contributed by atoms with E-state index >= 15 is 0 Å². The number of rotatable bonds is 7. The van der Waals surface area contributed by atoms with Gasteiger partial charge in [0.05, 0.1) is 31.4 Å². The maximum atomic E-state index is 12.9. The van der Waals surface area contributed by atoms with Crippen molar-refractivity contribution in [3.8, 4) is 11.5 Å². The molecule has 144 valence electrons. The van der Waals surface area contributed by atoms with Gasteiger partial charge in [0, 0.05) is 18.2 Å². The van der Waals surface area contributed by atoms with Crippen molar-refractivity contribution in [2.45, 2.75) is 6.54 Å². The maximum absolute atomic E-state index is 12.9. The number of esters is 1. The molecule has 0 unspecified atom stereocenters. The van der Waals surface area contributed by atoms with Crippen molar-refractivity contribution in [1.82, 2.24) is 4.90 Å². The van der Waals surface area contributed by atoms with Crippen molar-refractivity contribution < 1.29 is 23.8 Å². The second kappa shape index (κ2) is 9.48. The molecular formula is C19H19Cl2NO5. The molecule has 6 nitrogen and oxygen atoms in total. The summed E-state index contributed by atoms with van der Waals surface area (Å²) >= 11 is 11.9. The highest BCUT2D eigenvalue weighted by Gasteiger charge is 2.21. The summed E-state index contributed by atoms with van der Waals surface area (Å²) in [6, 6.07) is 9.77. The van der Waals surface area contributed by atoms with Gasteiger partial charge in [-0.2, -0.15) is 0 Å².